The lowest BCUT2D eigenvalue weighted by molar-refractivity contribution is 1.07. The van der Waals surface area contributed by atoms with Crippen molar-refractivity contribution in [1.29, 1.82) is 0 Å². The molecule has 14 heavy (non-hydrogen) atoms. The first-order valence-corrected chi connectivity index (χ1v) is 6.67. The molecule has 0 saturated carbocycles. The van der Waals surface area contributed by atoms with E-state index in [2.05, 4.69) is 48.7 Å². The summed E-state index contributed by atoms with van der Waals surface area (Å²) >= 11 is 13.0. The van der Waals surface area contributed by atoms with Crippen LogP contribution in [0, 0.1) is 3.01 Å². The third kappa shape index (κ3) is 2.44. The molecule has 0 spiro atoms. The van der Waals surface area contributed by atoms with Gasteiger partial charge in [0.2, 0.25) is 0 Å². The number of benzene rings is 1. The van der Waals surface area contributed by atoms with Gasteiger partial charge in [-0.1, -0.05) is 38.9 Å². The molecule has 0 fully saturated rings. The average molecular weight is 401 g/mol. The molecular formula is C8H3BrClIN2S. The molecule has 72 valence electrons. The van der Waals surface area contributed by atoms with Crippen LogP contribution in [0.1, 0.15) is 0 Å². The second-order valence-electron chi connectivity index (χ2n) is 2.52. The van der Waals surface area contributed by atoms with Crippen LogP contribution in [0.15, 0.2) is 22.7 Å². The van der Waals surface area contributed by atoms with E-state index in [4.69, 9.17) is 11.6 Å². The molecule has 2 rings (SSSR count). The van der Waals surface area contributed by atoms with E-state index >= 15 is 0 Å². The third-order valence-electron chi connectivity index (χ3n) is 1.51. The lowest BCUT2D eigenvalue weighted by Gasteiger charge is -1.97. The number of hydrogen-bond donors (Lipinski definition) is 0. The van der Waals surface area contributed by atoms with Crippen LogP contribution in [0.3, 0.4) is 0 Å². The number of hydrogen-bond acceptors (Lipinski definition) is 3. The van der Waals surface area contributed by atoms with E-state index < -0.39 is 0 Å². The zero-order chi connectivity index (χ0) is 10.1. The first-order chi connectivity index (χ1) is 6.65. The summed E-state index contributed by atoms with van der Waals surface area (Å²) in [6.07, 6.45) is 0. The molecule has 0 atom stereocenters. The molecule has 0 saturated heterocycles. The van der Waals surface area contributed by atoms with Crippen LogP contribution in [0.4, 0.5) is 0 Å². The normalized spacial score (nSPS) is 10.5. The van der Waals surface area contributed by atoms with Crippen molar-refractivity contribution in [3.05, 3.63) is 30.7 Å². The fourth-order valence-corrected chi connectivity index (χ4v) is 3.15. The maximum atomic E-state index is 5.93. The van der Waals surface area contributed by atoms with E-state index in [0.717, 1.165) is 18.1 Å². The van der Waals surface area contributed by atoms with Gasteiger partial charge in [0, 0.05) is 15.1 Å². The maximum Gasteiger partial charge on any atom is 0.178 e. The van der Waals surface area contributed by atoms with Crippen molar-refractivity contribution < 1.29 is 0 Å². The molecule has 0 aliphatic rings. The molecular weight excluding hydrogens is 398 g/mol. The number of rotatable bonds is 1. The molecule has 1 heterocycles. The molecule has 0 amide bonds. The fraction of sp³-hybridized carbons (Fsp3) is 0. The number of aromatic nitrogens is 2. The van der Waals surface area contributed by atoms with Gasteiger partial charge < -0.3 is 0 Å². The molecule has 1 aromatic heterocycles. The van der Waals surface area contributed by atoms with Gasteiger partial charge in [-0.2, -0.15) is 0 Å². The Morgan fingerprint density at radius 2 is 2.07 bits per heavy atom. The SMILES string of the molecule is Clc1cc(Br)cc(-c2nnc(I)s2)c1. The molecule has 2 nitrogen and oxygen atoms in total. The molecule has 0 aliphatic carbocycles. The van der Waals surface area contributed by atoms with E-state index in [0.29, 0.717) is 5.02 Å². The molecule has 0 unspecified atom stereocenters. The summed E-state index contributed by atoms with van der Waals surface area (Å²) in [5.41, 5.74) is 0.991. The standard InChI is InChI=1S/C8H3BrClIN2S/c9-5-1-4(2-6(10)3-5)7-12-13-8(11)14-7/h1-3H. The lowest BCUT2D eigenvalue weighted by Crippen LogP contribution is -1.77. The fourth-order valence-electron chi connectivity index (χ4n) is 0.999. The van der Waals surface area contributed by atoms with Crippen LogP contribution in [-0.2, 0) is 0 Å². The Morgan fingerprint density at radius 1 is 1.29 bits per heavy atom. The molecule has 0 radical (unpaired) electrons. The minimum Gasteiger partial charge on any atom is -0.137 e. The Kier molecular flexibility index (Phi) is 3.41. The largest absolute Gasteiger partial charge is 0.178 e. The molecule has 0 bridgehead atoms. The van der Waals surface area contributed by atoms with Gasteiger partial charge in [-0.25, -0.2) is 0 Å². The van der Waals surface area contributed by atoms with Gasteiger partial charge in [0.25, 0.3) is 0 Å². The minimum absolute atomic E-state index is 0.694. The van der Waals surface area contributed by atoms with Crippen LogP contribution in [0.2, 0.25) is 5.02 Å². The van der Waals surface area contributed by atoms with Gasteiger partial charge in [0.1, 0.15) is 5.01 Å². The highest BCUT2D eigenvalue weighted by Crippen LogP contribution is 2.29. The monoisotopic (exact) mass is 400 g/mol. The van der Waals surface area contributed by atoms with Gasteiger partial charge in [0.15, 0.2) is 3.01 Å². The van der Waals surface area contributed by atoms with E-state index in [1.54, 1.807) is 11.3 Å². The van der Waals surface area contributed by atoms with Crippen molar-refractivity contribution in [2.24, 2.45) is 0 Å². The Labute approximate surface area is 112 Å². The van der Waals surface area contributed by atoms with Gasteiger partial charge >= 0.3 is 0 Å². The third-order valence-corrected chi connectivity index (χ3v) is 3.82. The Morgan fingerprint density at radius 3 is 2.64 bits per heavy atom. The van der Waals surface area contributed by atoms with Gasteiger partial charge in [-0.3, -0.25) is 0 Å². The average Bonchev–Trinajstić information content (AvgIpc) is 2.50. The zero-order valence-electron chi connectivity index (χ0n) is 6.67. The van der Waals surface area contributed by atoms with Crippen LogP contribution >= 0.6 is 61.5 Å². The molecule has 2 aromatic rings. The van der Waals surface area contributed by atoms with Crippen LogP contribution in [0.5, 0.6) is 0 Å². The van der Waals surface area contributed by atoms with Crippen molar-refractivity contribution in [2.75, 3.05) is 0 Å². The van der Waals surface area contributed by atoms with Crippen molar-refractivity contribution in [3.8, 4) is 10.6 Å². The first-order valence-electron chi connectivity index (χ1n) is 3.60. The predicted molar refractivity (Wildman–Crippen MR) is 70.8 cm³/mol. The van der Waals surface area contributed by atoms with Crippen molar-refractivity contribution in [3.63, 3.8) is 0 Å². The minimum atomic E-state index is 0.694. The Hall–Kier alpha value is 0.280. The second kappa shape index (κ2) is 4.42. The van der Waals surface area contributed by atoms with E-state index in [1.165, 1.54) is 0 Å². The van der Waals surface area contributed by atoms with Gasteiger partial charge in [-0.05, 0) is 40.8 Å². The highest BCUT2D eigenvalue weighted by molar-refractivity contribution is 14.1. The molecule has 0 N–H and O–H groups in total. The zero-order valence-corrected chi connectivity index (χ0v) is 12.0. The van der Waals surface area contributed by atoms with Crippen LogP contribution < -0.4 is 0 Å². The molecule has 1 aromatic carbocycles. The van der Waals surface area contributed by atoms with Crippen molar-refractivity contribution in [2.45, 2.75) is 0 Å². The van der Waals surface area contributed by atoms with Crippen LogP contribution in [0.25, 0.3) is 10.6 Å². The second-order valence-corrected chi connectivity index (χ2v) is 6.60. The summed E-state index contributed by atoms with van der Waals surface area (Å²) in [7, 11) is 0. The Bertz CT molecular complexity index is 454. The summed E-state index contributed by atoms with van der Waals surface area (Å²) in [5, 5.41) is 9.58. The maximum absolute atomic E-state index is 5.93. The summed E-state index contributed by atoms with van der Waals surface area (Å²) < 4.78 is 1.87. The summed E-state index contributed by atoms with van der Waals surface area (Å²) in [6, 6.07) is 5.70. The Balaban J connectivity index is 2.51. The molecule has 6 heteroatoms. The van der Waals surface area contributed by atoms with Gasteiger partial charge in [0.05, 0.1) is 0 Å². The van der Waals surface area contributed by atoms with E-state index in [-0.39, 0.29) is 0 Å². The number of halogens is 3. The topological polar surface area (TPSA) is 25.8 Å². The van der Waals surface area contributed by atoms with Crippen molar-refractivity contribution in [1.82, 2.24) is 10.2 Å². The summed E-state index contributed by atoms with van der Waals surface area (Å²) in [5.74, 6) is 0. The number of nitrogens with zero attached hydrogens (tertiary/aromatic N) is 2. The highest BCUT2D eigenvalue weighted by Gasteiger charge is 2.06. The lowest BCUT2D eigenvalue weighted by atomic mass is 10.2. The highest BCUT2D eigenvalue weighted by atomic mass is 127. The molecule has 0 aliphatic heterocycles. The summed E-state index contributed by atoms with van der Waals surface area (Å²) in [4.78, 5) is 0. The summed E-state index contributed by atoms with van der Waals surface area (Å²) in [6.45, 7) is 0. The quantitative estimate of drug-likeness (QED) is 0.669. The van der Waals surface area contributed by atoms with Crippen LogP contribution in [-0.4, -0.2) is 10.2 Å². The van der Waals surface area contributed by atoms with E-state index in [9.17, 15) is 0 Å². The smallest absolute Gasteiger partial charge is 0.137 e. The first kappa shape index (κ1) is 10.8. The van der Waals surface area contributed by atoms with E-state index in [1.807, 2.05) is 18.2 Å². The van der Waals surface area contributed by atoms with Gasteiger partial charge in [-0.15, -0.1) is 10.2 Å². The van der Waals surface area contributed by atoms with Crippen molar-refractivity contribution >= 4 is 61.5 Å². The predicted octanol–water partition coefficient (Wildman–Crippen LogP) is 4.23.